The van der Waals surface area contributed by atoms with Gasteiger partial charge < -0.3 is 5.11 Å². The second-order valence-electron chi connectivity index (χ2n) is 3.67. The zero-order chi connectivity index (χ0) is 12.6. The third-order valence-electron chi connectivity index (χ3n) is 2.26. The number of sulfonamides is 1. The van der Waals surface area contributed by atoms with Gasteiger partial charge >= 0.3 is 0 Å². The van der Waals surface area contributed by atoms with Gasteiger partial charge in [-0.3, -0.25) is 4.72 Å². The van der Waals surface area contributed by atoms with Crippen molar-refractivity contribution in [3.63, 3.8) is 0 Å². The van der Waals surface area contributed by atoms with E-state index < -0.39 is 10.0 Å². The number of hydrogen-bond acceptors (Lipinski definition) is 3. The van der Waals surface area contributed by atoms with Gasteiger partial charge in [-0.2, -0.15) is 0 Å². The highest BCUT2D eigenvalue weighted by Gasteiger charge is 2.11. The Labute approximate surface area is 107 Å². The summed E-state index contributed by atoms with van der Waals surface area (Å²) in [6, 6.07) is 8.57. The van der Waals surface area contributed by atoms with Crippen LogP contribution >= 0.6 is 15.9 Å². The smallest absolute Gasteiger partial charge is 0.229 e. The lowest BCUT2D eigenvalue weighted by Gasteiger charge is -2.10. The number of anilines is 1. The van der Waals surface area contributed by atoms with Crippen molar-refractivity contribution in [1.29, 1.82) is 0 Å². The number of nitrogens with one attached hydrogen (secondary N) is 1. The third kappa shape index (κ3) is 2.53. The molecule has 4 nitrogen and oxygen atoms in total. The third-order valence-corrected chi connectivity index (χ3v) is 3.46. The van der Waals surface area contributed by atoms with Gasteiger partial charge in [0.1, 0.15) is 5.75 Å². The Bertz CT molecular complexity index is 682. The summed E-state index contributed by atoms with van der Waals surface area (Å²) in [7, 11) is -3.35. The maximum absolute atomic E-state index is 11.3. The van der Waals surface area contributed by atoms with Crippen LogP contribution in [0, 0.1) is 0 Å². The summed E-state index contributed by atoms with van der Waals surface area (Å²) in [5.74, 6) is 0.0969. The molecule has 0 atom stereocenters. The minimum absolute atomic E-state index is 0.0969. The fourth-order valence-corrected chi connectivity index (χ4v) is 2.62. The summed E-state index contributed by atoms with van der Waals surface area (Å²) in [6.45, 7) is 0. The van der Waals surface area contributed by atoms with E-state index in [1.807, 2.05) is 0 Å². The molecule has 0 heterocycles. The molecule has 2 aromatic rings. The van der Waals surface area contributed by atoms with E-state index in [2.05, 4.69) is 20.7 Å². The monoisotopic (exact) mass is 315 g/mol. The molecule has 0 aliphatic carbocycles. The van der Waals surface area contributed by atoms with Crippen molar-refractivity contribution in [2.45, 2.75) is 0 Å². The molecule has 6 heteroatoms. The Morgan fingerprint density at radius 2 is 1.82 bits per heavy atom. The van der Waals surface area contributed by atoms with E-state index in [1.54, 1.807) is 30.3 Å². The average molecular weight is 316 g/mol. The van der Waals surface area contributed by atoms with Crippen molar-refractivity contribution in [2.24, 2.45) is 0 Å². The fraction of sp³-hybridized carbons (Fsp3) is 0.0909. The van der Waals surface area contributed by atoms with Gasteiger partial charge in [-0.05, 0) is 22.0 Å². The fourth-order valence-electron chi connectivity index (χ4n) is 1.61. The van der Waals surface area contributed by atoms with Crippen molar-refractivity contribution >= 4 is 42.4 Å². The SMILES string of the molecule is CS(=O)(=O)Nc1cc(Br)c(O)c2ccccc12. The molecular formula is C11H10BrNO3S. The highest BCUT2D eigenvalue weighted by molar-refractivity contribution is 9.10. The first-order chi connectivity index (χ1) is 7.88. The molecule has 0 radical (unpaired) electrons. The summed E-state index contributed by atoms with van der Waals surface area (Å²) in [6.07, 6.45) is 1.09. The van der Waals surface area contributed by atoms with Crippen LogP contribution in [0.1, 0.15) is 0 Å². The Kier molecular flexibility index (Phi) is 3.01. The van der Waals surface area contributed by atoms with Crippen molar-refractivity contribution in [3.8, 4) is 5.75 Å². The minimum Gasteiger partial charge on any atom is -0.506 e. The molecule has 90 valence electrons. The van der Waals surface area contributed by atoms with E-state index in [-0.39, 0.29) is 5.75 Å². The van der Waals surface area contributed by atoms with Crippen LogP contribution in [0.2, 0.25) is 0 Å². The lowest BCUT2D eigenvalue weighted by molar-refractivity contribution is 0.478. The van der Waals surface area contributed by atoms with Crippen LogP contribution in [-0.2, 0) is 10.0 Å². The van der Waals surface area contributed by atoms with Crippen molar-refractivity contribution in [2.75, 3.05) is 11.0 Å². The van der Waals surface area contributed by atoms with E-state index in [0.717, 1.165) is 6.26 Å². The predicted octanol–water partition coefficient (Wildman–Crippen LogP) is 2.68. The molecule has 0 aromatic heterocycles. The molecule has 0 amide bonds. The van der Waals surface area contributed by atoms with Crippen LogP contribution in [0.25, 0.3) is 10.8 Å². The van der Waals surface area contributed by atoms with Crippen LogP contribution in [0.15, 0.2) is 34.8 Å². The molecule has 0 spiro atoms. The number of hydrogen-bond donors (Lipinski definition) is 2. The number of halogens is 1. The van der Waals surface area contributed by atoms with Gasteiger partial charge in [0.2, 0.25) is 10.0 Å². The van der Waals surface area contributed by atoms with Crippen LogP contribution in [-0.4, -0.2) is 19.8 Å². The van der Waals surface area contributed by atoms with Gasteiger partial charge in [0.15, 0.2) is 0 Å². The Balaban J connectivity index is 2.76. The summed E-state index contributed by atoms with van der Waals surface area (Å²) in [5, 5.41) is 11.1. The molecule has 0 aliphatic heterocycles. The second kappa shape index (κ2) is 4.19. The van der Waals surface area contributed by atoms with E-state index in [0.29, 0.717) is 20.9 Å². The predicted molar refractivity (Wildman–Crippen MR) is 71.8 cm³/mol. The molecule has 0 unspecified atom stereocenters. The summed E-state index contributed by atoms with van der Waals surface area (Å²) in [4.78, 5) is 0. The van der Waals surface area contributed by atoms with Gasteiger partial charge in [0, 0.05) is 10.8 Å². The molecule has 2 aromatic carbocycles. The first-order valence-corrected chi connectivity index (χ1v) is 7.45. The van der Waals surface area contributed by atoms with Crippen molar-refractivity contribution in [3.05, 3.63) is 34.8 Å². The number of phenolic OH excluding ortho intramolecular Hbond substituents is 1. The standard InChI is InChI=1S/C11H10BrNO3S/c1-17(15,16)13-10-6-9(12)11(14)8-5-3-2-4-7(8)10/h2-6,13-14H,1H3. The van der Waals surface area contributed by atoms with E-state index in [1.165, 1.54) is 0 Å². The average Bonchev–Trinajstić information content (AvgIpc) is 2.24. The van der Waals surface area contributed by atoms with Crippen LogP contribution in [0.3, 0.4) is 0 Å². The van der Waals surface area contributed by atoms with Crippen molar-refractivity contribution < 1.29 is 13.5 Å². The molecule has 0 fully saturated rings. The first kappa shape index (κ1) is 12.2. The number of fused-ring (bicyclic) bond motifs is 1. The van der Waals surface area contributed by atoms with Crippen LogP contribution in [0.5, 0.6) is 5.75 Å². The zero-order valence-electron chi connectivity index (χ0n) is 8.94. The van der Waals surface area contributed by atoms with Crippen molar-refractivity contribution in [1.82, 2.24) is 0 Å². The molecule has 0 saturated carbocycles. The molecule has 2 rings (SSSR count). The van der Waals surface area contributed by atoms with Gasteiger partial charge in [0.05, 0.1) is 16.4 Å². The zero-order valence-corrected chi connectivity index (χ0v) is 11.3. The van der Waals surface area contributed by atoms with Gasteiger partial charge in [-0.1, -0.05) is 24.3 Å². The summed E-state index contributed by atoms with van der Waals surface area (Å²) < 4.78 is 25.4. The normalized spacial score (nSPS) is 11.6. The lowest BCUT2D eigenvalue weighted by atomic mass is 10.1. The molecule has 2 N–H and O–H groups in total. The molecular weight excluding hydrogens is 306 g/mol. The maximum atomic E-state index is 11.3. The first-order valence-electron chi connectivity index (χ1n) is 4.76. The number of rotatable bonds is 2. The Morgan fingerprint density at radius 1 is 1.24 bits per heavy atom. The quantitative estimate of drug-likeness (QED) is 0.837. The van der Waals surface area contributed by atoms with Gasteiger partial charge in [0.25, 0.3) is 0 Å². The number of phenols is 1. The molecule has 0 bridgehead atoms. The summed E-state index contributed by atoms with van der Waals surface area (Å²) in [5.41, 5.74) is 0.438. The minimum atomic E-state index is -3.35. The van der Waals surface area contributed by atoms with Gasteiger partial charge in [-0.25, -0.2) is 8.42 Å². The largest absolute Gasteiger partial charge is 0.506 e. The Hall–Kier alpha value is -1.27. The maximum Gasteiger partial charge on any atom is 0.229 e. The molecule has 17 heavy (non-hydrogen) atoms. The van der Waals surface area contributed by atoms with E-state index in [4.69, 9.17) is 0 Å². The lowest BCUT2D eigenvalue weighted by Crippen LogP contribution is -2.09. The molecule has 0 aliphatic rings. The summed E-state index contributed by atoms with van der Waals surface area (Å²) >= 11 is 3.19. The van der Waals surface area contributed by atoms with E-state index in [9.17, 15) is 13.5 Å². The van der Waals surface area contributed by atoms with Gasteiger partial charge in [-0.15, -0.1) is 0 Å². The number of benzene rings is 2. The Morgan fingerprint density at radius 3 is 2.41 bits per heavy atom. The second-order valence-corrected chi connectivity index (χ2v) is 6.28. The van der Waals surface area contributed by atoms with E-state index >= 15 is 0 Å². The topological polar surface area (TPSA) is 66.4 Å². The highest BCUT2D eigenvalue weighted by atomic mass is 79.9. The van der Waals surface area contributed by atoms with Crippen LogP contribution in [0.4, 0.5) is 5.69 Å². The number of aromatic hydroxyl groups is 1. The molecule has 0 saturated heterocycles. The van der Waals surface area contributed by atoms with Crippen LogP contribution < -0.4 is 4.72 Å². The highest BCUT2D eigenvalue weighted by Crippen LogP contribution is 2.37.